The quantitative estimate of drug-likeness (QED) is 0.609. The lowest BCUT2D eigenvalue weighted by atomic mass is 9.94. The standard InChI is InChI=1S/C18H15BF2S/c1-11-2-7-17(22-11)18-15(20)8-14(9-16(18)21)13-5-3-12(10-19)4-6-13/h2-9H,10,19H2,1H3. The second-order valence-corrected chi connectivity index (χ2v) is 6.56. The highest BCUT2D eigenvalue weighted by Gasteiger charge is 2.15. The molecule has 0 N–H and O–H groups in total. The van der Waals surface area contributed by atoms with Crippen molar-refractivity contribution in [3.8, 4) is 21.6 Å². The van der Waals surface area contributed by atoms with E-state index in [1.165, 1.54) is 29.0 Å². The summed E-state index contributed by atoms with van der Waals surface area (Å²) >= 11 is 1.40. The smallest absolute Gasteiger partial charge is 0.135 e. The van der Waals surface area contributed by atoms with Crippen molar-refractivity contribution in [3.63, 3.8) is 0 Å². The molecule has 0 aliphatic heterocycles. The van der Waals surface area contributed by atoms with E-state index in [2.05, 4.69) is 7.85 Å². The first kappa shape index (κ1) is 15.0. The third kappa shape index (κ3) is 2.84. The molecule has 0 spiro atoms. The Hall–Kier alpha value is -1.94. The maximum Gasteiger partial charge on any atom is 0.135 e. The van der Waals surface area contributed by atoms with Crippen molar-refractivity contribution >= 4 is 19.2 Å². The molecule has 0 atom stereocenters. The van der Waals surface area contributed by atoms with Gasteiger partial charge in [0, 0.05) is 9.75 Å². The van der Waals surface area contributed by atoms with E-state index in [-0.39, 0.29) is 5.56 Å². The van der Waals surface area contributed by atoms with Gasteiger partial charge in [0.15, 0.2) is 0 Å². The maximum atomic E-state index is 14.4. The minimum Gasteiger partial charge on any atom is -0.206 e. The van der Waals surface area contributed by atoms with Gasteiger partial charge in [-0.25, -0.2) is 8.78 Å². The zero-order valence-electron chi connectivity index (χ0n) is 12.5. The molecular weight excluding hydrogens is 297 g/mol. The Bertz CT molecular complexity index is 783. The Morgan fingerprint density at radius 2 is 1.55 bits per heavy atom. The van der Waals surface area contributed by atoms with Crippen molar-refractivity contribution in [1.82, 2.24) is 0 Å². The van der Waals surface area contributed by atoms with Crippen molar-refractivity contribution in [3.05, 3.63) is 70.6 Å². The fraction of sp³-hybridized carbons (Fsp3) is 0.111. The summed E-state index contributed by atoms with van der Waals surface area (Å²) in [4.78, 5) is 1.66. The number of halogens is 2. The van der Waals surface area contributed by atoms with E-state index in [1.807, 2.05) is 37.3 Å². The molecule has 0 aliphatic carbocycles. The van der Waals surface area contributed by atoms with E-state index in [4.69, 9.17) is 0 Å². The lowest BCUT2D eigenvalue weighted by Crippen LogP contribution is -1.91. The minimum absolute atomic E-state index is 0.0621. The molecule has 0 unspecified atom stereocenters. The van der Waals surface area contributed by atoms with Crippen LogP contribution in [-0.4, -0.2) is 7.85 Å². The topological polar surface area (TPSA) is 0 Å². The van der Waals surface area contributed by atoms with Gasteiger partial charge in [0.05, 0.1) is 5.56 Å². The maximum absolute atomic E-state index is 14.4. The predicted octanol–water partition coefficient (Wildman–Crippen LogP) is 4.80. The number of benzene rings is 2. The zero-order chi connectivity index (χ0) is 15.7. The molecule has 0 saturated carbocycles. The van der Waals surface area contributed by atoms with Gasteiger partial charge in [0.25, 0.3) is 0 Å². The van der Waals surface area contributed by atoms with Gasteiger partial charge in [0.2, 0.25) is 0 Å². The van der Waals surface area contributed by atoms with Crippen LogP contribution in [0.5, 0.6) is 0 Å². The molecule has 0 aliphatic rings. The van der Waals surface area contributed by atoms with Gasteiger partial charge in [-0.05, 0) is 42.3 Å². The minimum atomic E-state index is -0.517. The molecule has 4 heteroatoms. The Balaban J connectivity index is 2.05. The summed E-state index contributed by atoms with van der Waals surface area (Å²) in [6, 6.07) is 14.2. The van der Waals surface area contributed by atoms with E-state index in [1.54, 1.807) is 6.07 Å². The first-order valence-corrected chi connectivity index (χ1v) is 8.05. The summed E-state index contributed by atoms with van der Waals surface area (Å²) < 4.78 is 28.8. The van der Waals surface area contributed by atoms with Crippen LogP contribution in [0.4, 0.5) is 8.78 Å². The van der Waals surface area contributed by atoms with E-state index < -0.39 is 11.6 Å². The molecule has 1 heterocycles. The molecule has 0 saturated heterocycles. The summed E-state index contributed by atoms with van der Waals surface area (Å²) in [5.41, 5.74) is 2.65. The zero-order valence-corrected chi connectivity index (χ0v) is 13.3. The largest absolute Gasteiger partial charge is 0.206 e. The molecule has 0 nitrogen and oxygen atoms in total. The molecule has 22 heavy (non-hydrogen) atoms. The summed E-state index contributed by atoms with van der Waals surface area (Å²) in [6.45, 7) is 1.92. The van der Waals surface area contributed by atoms with Gasteiger partial charge in [-0.15, -0.1) is 11.3 Å². The van der Waals surface area contributed by atoms with Crippen molar-refractivity contribution in [1.29, 1.82) is 0 Å². The van der Waals surface area contributed by atoms with Crippen LogP contribution >= 0.6 is 11.3 Å². The first-order chi connectivity index (χ1) is 10.6. The third-order valence-electron chi connectivity index (χ3n) is 3.72. The molecule has 1 aromatic heterocycles. The van der Waals surface area contributed by atoms with Crippen LogP contribution in [-0.2, 0) is 6.32 Å². The fourth-order valence-corrected chi connectivity index (χ4v) is 3.39. The van der Waals surface area contributed by atoms with Crippen LogP contribution in [0, 0.1) is 18.6 Å². The highest BCUT2D eigenvalue weighted by molar-refractivity contribution is 7.15. The summed E-state index contributed by atoms with van der Waals surface area (Å²) in [6.07, 6.45) is 0.944. The van der Waals surface area contributed by atoms with Gasteiger partial charge < -0.3 is 0 Å². The number of thiophene rings is 1. The number of rotatable bonds is 3. The van der Waals surface area contributed by atoms with Gasteiger partial charge in [-0.2, -0.15) is 0 Å². The molecule has 3 rings (SSSR count). The SMILES string of the molecule is BCc1ccc(-c2cc(F)c(-c3ccc(C)s3)c(F)c2)cc1. The van der Waals surface area contributed by atoms with Crippen LogP contribution in [0.3, 0.4) is 0 Å². The van der Waals surface area contributed by atoms with Gasteiger partial charge in [-0.1, -0.05) is 36.1 Å². The molecule has 2 aromatic carbocycles. The molecule has 0 fully saturated rings. The van der Waals surface area contributed by atoms with Crippen LogP contribution in [0.2, 0.25) is 0 Å². The number of hydrogen-bond donors (Lipinski definition) is 0. The molecule has 110 valence electrons. The van der Waals surface area contributed by atoms with Crippen LogP contribution < -0.4 is 0 Å². The summed E-state index contributed by atoms with van der Waals surface area (Å²) in [5, 5.41) is 0. The Morgan fingerprint density at radius 1 is 0.909 bits per heavy atom. The van der Waals surface area contributed by atoms with Crippen molar-refractivity contribution in [2.24, 2.45) is 0 Å². The molecule has 0 bridgehead atoms. The number of aryl methyl sites for hydroxylation is 1. The van der Waals surface area contributed by atoms with Crippen LogP contribution in [0.1, 0.15) is 10.4 Å². The lowest BCUT2D eigenvalue weighted by Gasteiger charge is -2.08. The molecule has 3 aromatic rings. The third-order valence-corrected chi connectivity index (χ3v) is 4.74. The molecule has 0 amide bonds. The normalized spacial score (nSPS) is 10.9. The summed E-state index contributed by atoms with van der Waals surface area (Å²) in [5.74, 6) is -1.03. The molecule has 0 radical (unpaired) electrons. The predicted molar refractivity (Wildman–Crippen MR) is 92.1 cm³/mol. The van der Waals surface area contributed by atoms with Gasteiger partial charge in [-0.3, -0.25) is 0 Å². The Morgan fingerprint density at radius 3 is 2.05 bits per heavy atom. The van der Waals surface area contributed by atoms with Crippen LogP contribution in [0.25, 0.3) is 21.6 Å². The van der Waals surface area contributed by atoms with E-state index in [0.717, 1.165) is 16.8 Å². The highest BCUT2D eigenvalue weighted by atomic mass is 32.1. The second kappa shape index (κ2) is 6.05. The van der Waals surface area contributed by atoms with Crippen LogP contribution in [0.15, 0.2) is 48.5 Å². The van der Waals surface area contributed by atoms with Crippen molar-refractivity contribution in [2.75, 3.05) is 0 Å². The Kier molecular flexibility index (Phi) is 4.12. The first-order valence-electron chi connectivity index (χ1n) is 7.23. The number of hydrogen-bond acceptors (Lipinski definition) is 1. The van der Waals surface area contributed by atoms with Gasteiger partial charge >= 0.3 is 0 Å². The van der Waals surface area contributed by atoms with Gasteiger partial charge in [0.1, 0.15) is 19.5 Å². The fourth-order valence-electron chi connectivity index (χ4n) is 2.48. The lowest BCUT2D eigenvalue weighted by molar-refractivity contribution is 0.591. The van der Waals surface area contributed by atoms with E-state index in [0.29, 0.717) is 10.4 Å². The monoisotopic (exact) mass is 312 g/mol. The highest BCUT2D eigenvalue weighted by Crippen LogP contribution is 2.34. The van der Waals surface area contributed by atoms with Crippen molar-refractivity contribution in [2.45, 2.75) is 13.2 Å². The average molecular weight is 312 g/mol. The van der Waals surface area contributed by atoms with Crippen molar-refractivity contribution < 1.29 is 8.78 Å². The second-order valence-electron chi connectivity index (χ2n) is 5.28. The average Bonchev–Trinajstić information content (AvgIpc) is 2.93. The van der Waals surface area contributed by atoms with E-state index in [9.17, 15) is 8.78 Å². The molecular formula is C18H15BF2S. The Labute approximate surface area is 133 Å². The van der Waals surface area contributed by atoms with E-state index >= 15 is 0 Å². The summed E-state index contributed by atoms with van der Waals surface area (Å²) in [7, 11) is 2.08.